The third-order valence-corrected chi connectivity index (χ3v) is 6.64. The van der Waals surface area contributed by atoms with Gasteiger partial charge < -0.3 is 5.32 Å². The number of fused-ring (bicyclic) bond motifs is 1. The summed E-state index contributed by atoms with van der Waals surface area (Å²) in [5.41, 5.74) is 0.208. The highest BCUT2D eigenvalue weighted by Gasteiger charge is 2.26. The predicted molar refractivity (Wildman–Crippen MR) is 119 cm³/mol. The monoisotopic (exact) mass is 414 g/mol. The van der Waals surface area contributed by atoms with Crippen LogP contribution < -0.4 is 10.9 Å². The molecule has 29 heavy (non-hydrogen) atoms. The zero-order chi connectivity index (χ0) is 20.6. The van der Waals surface area contributed by atoms with Crippen molar-refractivity contribution in [2.75, 3.05) is 25.0 Å². The lowest BCUT2D eigenvalue weighted by Crippen LogP contribution is -2.39. The van der Waals surface area contributed by atoms with Crippen molar-refractivity contribution in [3.63, 3.8) is 0 Å². The van der Waals surface area contributed by atoms with E-state index in [0.29, 0.717) is 23.5 Å². The van der Waals surface area contributed by atoms with Crippen LogP contribution in [0.2, 0.25) is 0 Å². The summed E-state index contributed by atoms with van der Waals surface area (Å²) in [7, 11) is 0. The molecule has 1 aliphatic rings. The van der Waals surface area contributed by atoms with E-state index < -0.39 is 0 Å². The summed E-state index contributed by atoms with van der Waals surface area (Å²) in [5.74, 6) is 1.29. The number of hydrogen-bond donors (Lipinski definition) is 2. The normalized spacial score (nSPS) is 17.7. The Hall–Kier alpha value is -2.19. The van der Waals surface area contributed by atoms with Gasteiger partial charge in [0, 0.05) is 11.4 Å². The maximum atomic E-state index is 12.6. The van der Waals surface area contributed by atoms with Gasteiger partial charge in [-0.25, -0.2) is 4.68 Å². The molecule has 1 fully saturated rings. The largest absolute Gasteiger partial charge is 0.354 e. The van der Waals surface area contributed by atoms with Crippen molar-refractivity contribution in [1.29, 1.82) is 0 Å². The van der Waals surface area contributed by atoms with Crippen LogP contribution in [0.15, 0.2) is 28.5 Å². The third kappa shape index (κ3) is 4.23. The van der Waals surface area contributed by atoms with Gasteiger partial charge in [-0.15, -0.1) is 11.3 Å². The molecule has 156 valence electrons. The molecule has 3 aromatic heterocycles. The fourth-order valence-corrected chi connectivity index (χ4v) is 4.78. The first-order valence-corrected chi connectivity index (χ1v) is 11.2. The van der Waals surface area contributed by atoms with Crippen molar-refractivity contribution in [3.8, 4) is 0 Å². The number of nitrogens with one attached hydrogen (secondary N) is 2. The van der Waals surface area contributed by atoms with E-state index in [2.05, 4.69) is 65.5 Å². The van der Waals surface area contributed by atoms with Gasteiger partial charge >= 0.3 is 0 Å². The maximum absolute atomic E-state index is 12.6. The van der Waals surface area contributed by atoms with Crippen molar-refractivity contribution in [3.05, 3.63) is 38.9 Å². The summed E-state index contributed by atoms with van der Waals surface area (Å²) in [6.45, 7) is 11.4. The van der Waals surface area contributed by atoms with Crippen LogP contribution in [0.3, 0.4) is 0 Å². The molecule has 0 bridgehead atoms. The Labute approximate surface area is 175 Å². The van der Waals surface area contributed by atoms with Gasteiger partial charge in [0.2, 0.25) is 5.95 Å². The maximum Gasteiger partial charge on any atom is 0.263 e. The number of aromatic nitrogens is 4. The Kier molecular flexibility index (Phi) is 5.48. The molecule has 0 aliphatic carbocycles. The lowest BCUT2D eigenvalue weighted by molar-refractivity contribution is 0.145. The van der Waals surface area contributed by atoms with E-state index in [9.17, 15) is 4.79 Å². The van der Waals surface area contributed by atoms with Crippen molar-refractivity contribution in [1.82, 2.24) is 24.6 Å². The van der Waals surface area contributed by atoms with Crippen LogP contribution in [-0.2, 0) is 5.54 Å². The molecule has 8 heteroatoms. The highest BCUT2D eigenvalue weighted by Crippen LogP contribution is 2.29. The summed E-state index contributed by atoms with van der Waals surface area (Å²) >= 11 is 1.79. The first kappa shape index (κ1) is 20.1. The SMILES string of the molecule is CC1CCN(C(CNc2nc3c(cnn3C(C)(C)C)c(=O)[nH]2)c2cccs2)CC1. The van der Waals surface area contributed by atoms with Crippen LogP contribution in [0.25, 0.3) is 11.0 Å². The van der Waals surface area contributed by atoms with Crippen molar-refractivity contribution in [2.24, 2.45) is 5.92 Å². The fourth-order valence-electron chi connectivity index (χ4n) is 3.92. The quantitative estimate of drug-likeness (QED) is 0.663. The minimum Gasteiger partial charge on any atom is -0.354 e. The summed E-state index contributed by atoms with van der Waals surface area (Å²) < 4.78 is 1.81. The topological polar surface area (TPSA) is 78.8 Å². The number of piperidine rings is 1. The zero-order valence-corrected chi connectivity index (χ0v) is 18.4. The molecule has 4 heterocycles. The fraction of sp³-hybridized carbons (Fsp3) is 0.571. The number of hydrogen-bond acceptors (Lipinski definition) is 6. The molecule has 3 aromatic rings. The van der Waals surface area contributed by atoms with Crippen molar-refractivity contribution >= 4 is 28.3 Å². The van der Waals surface area contributed by atoms with E-state index in [1.54, 1.807) is 17.5 Å². The Balaban J connectivity index is 1.59. The van der Waals surface area contributed by atoms with Gasteiger partial charge in [-0.1, -0.05) is 13.0 Å². The number of rotatable bonds is 5. The lowest BCUT2D eigenvalue weighted by atomic mass is 9.97. The predicted octanol–water partition coefficient (Wildman–Crippen LogP) is 3.82. The molecule has 0 radical (unpaired) electrons. The zero-order valence-electron chi connectivity index (χ0n) is 17.6. The summed E-state index contributed by atoms with van der Waals surface area (Å²) in [6.07, 6.45) is 4.06. The van der Waals surface area contributed by atoms with E-state index >= 15 is 0 Å². The number of likely N-dealkylation sites (tertiary alicyclic amines) is 1. The van der Waals surface area contributed by atoms with Gasteiger partial charge in [-0.3, -0.25) is 14.7 Å². The van der Waals surface area contributed by atoms with Gasteiger partial charge in [0.1, 0.15) is 5.39 Å². The van der Waals surface area contributed by atoms with Crippen LogP contribution >= 0.6 is 11.3 Å². The molecule has 0 aromatic carbocycles. The van der Waals surface area contributed by atoms with E-state index in [1.807, 2.05) is 4.68 Å². The van der Waals surface area contributed by atoms with E-state index in [4.69, 9.17) is 4.98 Å². The second-order valence-electron chi connectivity index (χ2n) is 9.01. The van der Waals surface area contributed by atoms with Crippen LogP contribution in [0.1, 0.15) is 51.5 Å². The Morgan fingerprint density at radius 3 is 2.76 bits per heavy atom. The minimum atomic E-state index is -0.246. The van der Waals surface area contributed by atoms with E-state index in [0.717, 1.165) is 19.0 Å². The van der Waals surface area contributed by atoms with Gasteiger partial charge in [-0.2, -0.15) is 10.1 Å². The molecule has 2 N–H and O–H groups in total. The van der Waals surface area contributed by atoms with Gasteiger partial charge in [0.15, 0.2) is 5.65 Å². The third-order valence-electron chi connectivity index (χ3n) is 5.67. The highest BCUT2D eigenvalue weighted by atomic mass is 32.1. The van der Waals surface area contributed by atoms with E-state index in [-0.39, 0.29) is 17.1 Å². The first-order valence-electron chi connectivity index (χ1n) is 10.3. The Bertz CT molecular complexity index is 1010. The number of nitrogens with zero attached hydrogens (tertiary/aromatic N) is 4. The molecule has 1 saturated heterocycles. The van der Waals surface area contributed by atoms with Crippen LogP contribution in [-0.4, -0.2) is 44.3 Å². The van der Waals surface area contributed by atoms with Crippen molar-refractivity contribution < 1.29 is 0 Å². The molecule has 4 rings (SSSR count). The van der Waals surface area contributed by atoms with Crippen LogP contribution in [0, 0.1) is 5.92 Å². The van der Waals surface area contributed by atoms with Crippen LogP contribution in [0.4, 0.5) is 5.95 Å². The molecular weight excluding hydrogens is 384 g/mol. The number of aromatic amines is 1. The number of anilines is 1. The van der Waals surface area contributed by atoms with Gasteiger partial charge in [0.25, 0.3) is 5.56 Å². The second kappa shape index (κ2) is 7.91. The average molecular weight is 415 g/mol. The smallest absolute Gasteiger partial charge is 0.263 e. The second-order valence-corrected chi connectivity index (χ2v) is 9.99. The molecule has 0 amide bonds. The molecule has 1 atom stereocenters. The summed E-state index contributed by atoms with van der Waals surface area (Å²) in [6, 6.07) is 4.58. The molecule has 7 nitrogen and oxygen atoms in total. The number of H-pyrrole nitrogens is 1. The van der Waals surface area contributed by atoms with Crippen LogP contribution in [0.5, 0.6) is 0 Å². The minimum absolute atomic E-state index is 0.160. The lowest BCUT2D eigenvalue weighted by Gasteiger charge is -2.36. The molecule has 1 aliphatic heterocycles. The average Bonchev–Trinajstić information content (AvgIpc) is 3.33. The molecular formula is C21H30N6OS. The Morgan fingerprint density at radius 1 is 1.34 bits per heavy atom. The van der Waals surface area contributed by atoms with Gasteiger partial charge in [0.05, 0.1) is 17.8 Å². The summed E-state index contributed by atoms with van der Waals surface area (Å²) in [5, 5.41) is 10.4. The Morgan fingerprint density at radius 2 is 2.10 bits per heavy atom. The first-order chi connectivity index (χ1) is 13.8. The molecule has 1 unspecified atom stereocenters. The standard InChI is InChI=1S/C21H30N6OS/c1-14-7-9-26(10-8-14)16(17-6-5-11-29-17)13-22-20-24-18-15(19(28)25-20)12-23-27(18)21(2,3)4/h5-6,11-12,14,16H,7-10,13H2,1-4H3,(H2,22,24,25,28). The van der Waals surface area contributed by atoms with Crippen molar-refractivity contribution in [2.45, 2.75) is 52.1 Å². The molecule has 0 spiro atoms. The summed E-state index contributed by atoms with van der Waals surface area (Å²) in [4.78, 5) is 24.0. The van der Waals surface area contributed by atoms with E-state index in [1.165, 1.54) is 17.7 Å². The molecule has 0 saturated carbocycles. The number of thiophene rings is 1. The van der Waals surface area contributed by atoms with Gasteiger partial charge in [-0.05, 0) is 64.1 Å². The highest BCUT2D eigenvalue weighted by molar-refractivity contribution is 7.10.